The number of rotatable bonds is 7. The molecule has 0 saturated heterocycles. The molecule has 0 spiro atoms. The molecular formula is C11H17N3Si. The van der Waals surface area contributed by atoms with E-state index in [0.29, 0.717) is 0 Å². The Bertz CT molecular complexity index is 303. The van der Waals surface area contributed by atoms with E-state index in [2.05, 4.69) is 30.0 Å². The summed E-state index contributed by atoms with van der Waals surface area (Å²) in [6.45, 7) is 11.5. The van der Waals surface area contributed by atoms with Gasteiger partial charge in [-0.1, -0.05) is 23.4 Å². The Morgan fingerprint density at radius 2 is 1.60 bits per heavy atom. The summed E-state index contributed by atoms with van der Waals surface area (Å²) in [5.74, 6) is 0. The van der Waals surface area contributed by atoms with Crippen LogP contribution in [-0.2, 0) is 0 Å². The van der Waals surface area contributed by atoms with E-state index in [4.69, 9.17) is 0 Å². The summed E-state index contributed by atoms with van der Waals surface area (Å²) in [7, 11) is -1.73. The van der Waals surface area contributed by atoms with Crippen LogP contribution in [-0.4, -0.2) is 22.9 Å². The topological polar surface area (TPSA) is 30.7 Å². The average Bonchev–Trinajstić information content (AvgIpc) is 2.72. The van der Waals surface area contributed by atoms with Gasteiger partial charge in [0, 0.05) is 6.20 Å². The first kappa shape index (κ1) is 11.7. The zero-order valence-electron chi connectivity index (χ0n) is 8.97. The van der Waals surface area contributed by atoms with Gasteiger partial charge in [-0.2, -0.15) is 0 Å². The monoisotopic (exact) mass is 219 g/mol. The maximum Gasteiger partial charge on any atom is 0.198 e. The fourth-order valence-corrected chi connectivity index (χ4v) is 5.10. The zero-order valence-corrected chi connectivity index (χ0v) is 9.97. The molecule has 0 amide bonds. The van der Waals surface area contributed by atoms with Gasteiger partial charge in [0.15, 0.2) is 8.24 Å². The molecule has 0 saturated carbocycles. The van der Waals surface area contributed by atoms with Crippen molar-refractivity contribution >= 4 is 8.24 Å². The van der Waals surface area contributed by atoms with E-state index in [-0.39, 0.29) is 0 Å². The molecule has 0 aromatic carbocycles. The molecule has 0 aliphatic rings. The summed E-state index contributed by atoms with van der Waals surface area (Å²) in [5, 5.41) is 8.01. The Kier molecular flexibility index (Phi) is 4.24. The van der Waals surface area contributed by atoms with E-state index in [9.17, 15) is 0 Å². The highest BCUT2D eigenvalue weighted by atomic mass is 28.3. The van der Waals surface area contributed by atoms with E-state index in [1.54, 1.807) is 6.20 Å². The minimum absolute atomic E-state index is 0.967. The van der Waals surface area contributed by atoms with Gasteiger partial charge in [0.05, 0.1) is 6.20 Å². The number of nitrogens with zero attached hydrogens (tertiary/aromatic N) is 3. The highest BCUT2D eigenvalue weighted by molar-refractivity contribution is 6.79. The molecule has 0 unspecified atom stereocenters. The van der Waals surface area contributed by atoms with Gasteiger partial charge in [-0.3, -0.25) is 4.35 Å². The molecule has 0 radical (unpaired) electrons. The number of hydrogen-bond donors (Lipinski definition) is 0. The minimum Gasteiger partial charge on any atom is -0.281 e. The van der Waals surface area contributed by atoms with Crippen LogP contribution in [0.5, 0.6) is 0 Å². The molecule has 4 heteroatoms. The maximum atomic E-state index is 4.13. The first-order valence-electron chi connectivity index (χ1n) is 4.98. The predicted molar refractivity (Wildman–Crippen MR) is 66.2 cm³/mol. The van der Waals surface area contributed by atoms with Crippen molar-refractivity contribution in [2.45, 2.75) is 18.1 Å². The van der Waals surface area contributed by atoms with Crippen LogP contribution in [0.4, 0.5) is 0 Å². The Balaban J connectivity index is 3.05. The normalized spacial score (nSPS) is 10.9. The van der Waals surface area contributed by atoms with Crippen LogP contribution in [0.25, 0.3) is 0 Å². The van der Waals surface area contributed by atoms with Crippen molar-refractivity contribution in [1.82, 2.24) is 14.7 Å². The van der Waals surface area contributed by atoms with Crippen molar-refractivity contribution in [3.63, 3.8) is 0 Å². The lowest BCUT2D eigenvalue weighted by Crippen LogP contribution is -2.42. The van der Waals surface area contributed by atoms with Crippen LogP contribution in [0, 0.1) is 0 Å². The maximum absolute atomic E-state index is 4.13. The van der Waals surface area contributed by atoms with Gasteiger partial charge in [-0.15, -0.1) is 24.8 Å². The van der Waals surface area contributed by atoms with Crippen LogP contribution >= 0.6 is 0 Å². The number of allylic oxidation sites excluding steroid dienone is 3. The quantitative estimate of drug-likeness (QED) is 0.521. The minimum atomic E-state index is -1.73. The molecule has 1 aromatic heterocycles. The first-order valence-corrected chi connectivity index (χ1v) is 7.55. The van der Waals surface area contributed by atoms with Crippen molar-refractivity contribution in [3.05, 3.63) is 50.4 Å². The highest BCUT2D eigenvalue weighted by Crippen LogP contribution is 2.23. The van der Waals surface area contributed by atoms with Gasteiger partial charge in [0.1, 0.15) is 0 Å². The zero-order chi connectivity index (χ0) is 11.1. The van der Waals surface area contributed by atoms with Crippen LogP contribution in [0.15, 0.2) is 50.4 Å². The standard InChI is InChI=1S/C11H17N3Si/c1-4-9-15(10-5-2,11-6-3)14-8-7-12-13-14/h4-8H,1-3,9-11H2. The second-order valence-electron chi connectivity index (χ2n) is 3.55. The summed E-state index contributed by atoms with van der Waals surface area (Å²) < 4.78 is 2.01. The van der Waals surface area contributed by atoms with E-state index in [1.807, 2.05) is 28.8 Å². The Morgan fingerprint density at radius 3 is 1.93 bits per heavy atom. The largest absolute Gasteiger partial charge is 0.281 e. The van der Waals surface area contributed by atoms with Gasteiger partial charge in [0.25, 0.3) is 0 Å². The average molecular weight is 219 g/mol. The smallest absolute Gasteiger partial charge is 0.198 e. The molecule has 0 aliphatic heterocycles. The number of aromatic nitrogens is 3. The third kappa shape index (κ3) is 2.53. The molecular weight excluding hydrogens is 202 g/mol. The molecule has 15 heavy (non-hydrogen) atoms. The van der Waals surface area contributed by atoms with Crippen molar-refractivity contribution in [2.24, 2.45) is 0 Å². The summed E-state index contributed by atoms with van der Waals surface area (Å²) in [6, 6.07) is 2.90. The lowest BCUT2D eigenvalue weighted by atomic mass is 10.7. The van der Waals surface area contributed by atoms with Crippen LogP contribution in [0.3, 0.4) is 0 Å². The van der Waals surface area contributed by atoms with E-state index in [1.165, 1.54) is 0 Å². The third-order valence-corrected chi connectivity index (χ3v) is 6.84. The third-order valence-electron chi connectivity index (χ3n) is 2.48. The SMILES string of the molecule is C=CC[Si](CC=C)(CC=C)n1ccnn1. The fraction of sp³-hybridized carbons (Fsp3) is 0.273. The van der Waals surface area contributed by atoms with E-state index in [0.717, 1.165) is 18.1 Å². The second kappa shape index (κ2) is 5.46. The molecule has 0 bridgehead atoms. The molecule has 0 N–H and O–H groups in total. The summed E-state index contributed by atoms with van der Waals surface area (Å²) in [5.41, 5.74) is 0. The predicted octanol–water partition coefficient (Wildman–Crippen LogP) is 2.63. The first-order chi connectivity index (χ1) is 7.29. The molecule has 0 aliphatic carbocycles. The summed E-state index contributed by atoms with van der Waals surface area (Å²) in [4.78, 5) is 0. The summed E-state index contributed by atoms with van der Waals surface area (Å²) in [6.07, 6.45) is 9.53. The molecule has 1 aromatic rings. The number of hydrogen-bond acceptors (Lipinski definition) is 2. The molecule has 1 heterocycles. The van der Waals surface area contributed by atoms with Gasteiger partial charge >= 0.3 is 0 Å². The van der Waals surface area contributed by atoms with Crippen LogP contribution < -0.4 is 0 Å². The molecule has 3 nitrogen and oxygen atoms in total. The molecule has 80 valence electrons. The van der Waals surface area contributed by atoms with Gasteiger partial charge in [0.2, 0.25) is 0 Å². The molecule has 1 rings (SSSR count). The lowest BCUT2D eigenvalue weighted by Gasteiger charge is -2.27. The van der Waals surface area contributed by atoms with Crippen LogP contribution in [0.2, 0.25) is 18.1 Å². The Labute approximate surface area is 91.9 Å². The van der Waals surface area contributed by atoms with Gasteiger partial charge in [-0.05, 0) is 18.1 Å². The lowest BCUT2D eigenvalue weighted by molar-refractivity contribution is 0.825. The van der Waals surface area contributed by atoms with Crippen molar-refractivity contribution in [1.29, 1.82) is 0 Å². The Hall–Kier alpha value is -1.42. The molecule has 0 fully saturated rings. The van der Waals surface area contributed by atoms with Crippen molar-refractivity contribution in [3.8, 4) is 0 Å². The fourth-order valence-electron chi connectivity index (χ4n) is 1.80. The summed E-state index contributed by atoms with van der Waals surface area (Å²) >= 11 is 0. The van der Waals surface area contributed by atoms with E-state index < -0.39 is 8.24 Å². The highest BCUT2D eigenvalue weighted by Gasteiger charge is 2.32. The second-order valence-corrected chi connectivity index (χ2v) is 7.68. The van der Waals surface area contributed by atoms with Gasteiger partial charge < -0.3 is 0 Å². The van der Waals surface area contributed by atoms with Crippen LogP contribution in [0.1, 0.15) is 0 Å². The Morgan fingerprint density at radius 1 is 1.07 bits per heavy atom. The van der Waals surface area contributed by atoms with E-state index >= 15 is 0 Å². The van der Waals surface area contributed by atoms with Gasteiger partial charge in [-0.25, -0.2) is 0 Å². The van der Waals surface area contributed by atoms with Crippen molar-refractivity contribution in [2.75, 3.05) is 0 Å². The molecule has 0 atom stereocenters. The van der Waals surface area contributed by atoms with Crippen molar-refractivity contribution < 1.29 is 0 Å².